The second-order valence-electron chi connectivity index (χ2n) is 4.76. The molecule has 0 aromatic carbocycles. The zero-order valence-corrected chi connectivity index (χ0v) is 12.2. The number of hydrogen-bond acceptors (Lipinski definition) is 4. The molecular formula is C14H15F3N4O2. The third-order valence-electron chi connectivity index (χ3n) is 2.88. The summed E-state index contributed by atoms with van der Waals surface area (Å²) in [6.45, 7) is -0.0432. The van der Waals surface area contributed by atoms with Crippen LogP contribution >= 0.6 is 0 Å². The van der Waals surface area contributed by atoms with Crippen LogP contribution in [0, 0.1) is 0 Å². The fourth-order valence-electron chi connectivity index (χ4n) is 1.73. The van der Waals surface area contributed by atoms with Gasteiger partial charge in [-0.1, -0.05) is 0 Å². The van der Waals surface area contributed by atoms with Crippen molar-refractivity contribution in [1.29, 1.82) is 0 Å². The van der Waals surface area contributed by atoms with Crippen molar-refractivity contribution in [2.75, 3.05) is 6.61 Å². The lowest BCUT2D eigenvalue weighted by Gasteiger charge is -2.14. The number of hydrogen-bond donors (Lipinski definition) is 1. The second-order valence-corrected chi connectivity index (χ2v) is 4.76. The fraction of sp³-hybridized carbons (Fsp3) is 0.357. The van der Waals surface area contributed by atoms with Crippen LogP contribution in [0.15, 0.2) is 36.8 Å². The Kier molecular flexibility index (Phi) is 5.32. The summed E-state index contributed by atoms with van der Waals surface area (Å²) in [5, 5.41) is 6.56. The van der Waals surface area contributed by atoms with Crippen LogP contribution in [-0.4, -0.2) is 39.6 Å². The number of pyridine rings is 1. The molecule has 0 aliphatic rings. The first kappa shape index (κ1) is 16.9. The van der Waals surface area contributed by atoms with Gasteiger partial charge in [0.05, 0.1) is 0 Å². The smallest absolute Gasteiger partial charge is 0.359 e. The highest BCUT2D eigenvalue weighted by Crippen LogP contribution is 2.15. The number of amides is 1. The van der Waals surface area contributed by atoms with Gasteiger partial charge in [-0.2, -0.15) is 18.3 Å². The van der Waals surface area contributed by atoms with Crippen LogP contribution in [0.5, 0.6) is 0 Å². The Hall–Kier alpha value is -2.42. The zero-order chi connectivity index (χ0) is 16.9. The summed E-state index contributed by atoms with van der Waals surface area (Å²) in [5.74, 6) is -0.0465. The number of rotatable bonds is 6. The molecule has 1 atom stereocenters. The Morgan fingerprint density at radius 3 is 2.87 bits per heavy atom. The van der Waals surface area contributed by atoms with Crippen molar-refractivity contribution in [3.63, 3.8) is 0 Å². The number of carbonyl (C=O) groups excluding carboxylic acids is 1. The monoisotopic (exact) mass is 328 g/mol. The Balaban J connectivity index is 1.88. The lowest BCUT2D eigenvalue weighted by Crippen LogP contribution is -2.36. The van der Waals surface area contributed by atoms with Gasteiger partial charge in [0.2, 0.25) is 5.91 Å². The zero-order valence-electron chi connectivity index (χ0n) is 12.2. The lowest BCUT2D eigenvalue weighted by atomic mass is 10.2. The van der Waals surface area contributed by atoms with Crippen LogP contribution in [0.2, 0.25) is 0 Å². The minimum atomic E-state index is -4.46. The lowest BCUT2D eigenvalue weighted by molar-refractivity contribution is -0.185. The van der Waals surface area contributed by atoms with Gasteiger partial charge in [0, 0.05) is 25.1 Å². The summed E-state index contributed by atoms with van der Waals surface area (Å²) in [4.78, 5) is 15.8. The van der Waals surface area contributed by atoms with Crippen LogP contribution in [0.4, 0.5) is 13.2 Å². The van der Waals surface area contributed by atoms with Crippen molar-refractivity contribution in [1.82, 2.24) is 20.1 Å². The number of halogens is 3. The first-order valence-electron chi connectivity index (χ1n) is 6.76. The van der Waals surface area contributed by atoms with E-state index in [2.05, 4.69) is 20.1 Å². The molecule has 0 aliphatic heterocycles. The van der Waals surface area contributed by atoms with Gasteiger partial charge in [0.1, 0.15) is 12.7 Å². The number of ether oxygens (including phenoxy) is 1. The van der Waals surface area contributed by atoms with E-state index in [0.29, 0.717) is 5.82 Å². The van der Waals surface area contributed by atoms with Crippen LogP contribution < -0.4 is 5.32 Å². The van der Waals surface area contributed by atoms with Crippen LogP contribution in [-0.2, 0) is 16.1 Å². The molecule has 0 fully saturated rings. The van der Waals surface area contributed by atoms with E-state index in [1.165, 1.54) is 6.92 Å². The Bertz CT molecular complexity index is 644. The minimum absolute atomic E-state index is 0.148. The normalized spacial score (nSPS) is 12.9. The van der Waals surface area contributed by atoms with Gasteiger partial charge in [-0.05, 0) is 30.7 Å². The van der Waals surface area contributed by atoms with Gasteiger partial charge in [-0.3, -0.25) is 4.79 Å². The van der Waals surface area contributed by atoms with Gasteiger partial charge in [-0.15, -0.1) is 0 Å². The molecule has 1 N–H and O–H groups in total. The maximum Gasteiger partial charge on any atom is 0.411 e. The number of nitrogens with zero attached hydrogens (tertiary/aromatic N) is 3. The summed E-state index contributed by atoms with van der Waals surface area (Å²) in [5.41, 5.74) is 0.738. The maximum atomic E-state index is 12.0. The molecule has 0 spiro atoms. The van der Waals surface area contributed by atoms with E-state index in [1.54, 1.807) is 41.5 Å². The average molecular weight is 328 g/mol. The molecule has 23 heavy (non-hydrogen) atoms. The highest BCUT2D eigenvalue weighted by molar-refractivity contribution is 5.80. The van der Waals surface area contributed by atoms with E-state index in [0.717, 1.165) is 5.56 Å². The topological polar surface area (TPSA) is 69.0 Å². The van der Waals surface area contributed by atoms with Crippen LogP contribution in [0.25, 0.3) is 5.82 Å². The molecule has 2 rings (SSSR count). The van der Waals surface area contributed by atoms with Crippen molar-refractivity contribution in [2.24, 2.45) is 0 Å². The molecular weight excluding hydrogens is 313 g/mol. The maximum absolute atomic E-state index is 12.0. The van der Waals surface area contributed by atoms with E-state index in [4.69, 9.17) is 0 Å². The van der Waals surface area contributed by atoms with Gasteiger partial charge in [0.25, 0.3) is 0 Å². The van der Waals surface area contributed by atoms with E-state index in [9.17, 15) is 18.0 Å². The first-order valence-corrected chi connectivity index (χ1v) is 6.76. The molecule has 0 aliphatic carbocycles. The molecule has 2 heterocycles. The van der Waals surface area contributed by atoms with Crippen LogP contribution in [0.1, 0.15) is 12.5 Å². The van der Waals surface area contributed by atoms with E-state index < -0.39 is 24.8 Å². The fourth-order valence-corrected chi connectivity index (χ4v) is 1.73. The molecule has 2 aromatic heterocycles. The summed E-state index contributed by atoms with van der Waals surface area (Å²) in [6.07, 6.45) is -0.766. The quantitative estimate of drug-likeness (QED) is 0.879. The molecule has 0 radical (unpaired) electrons. The molecule has 6 nitrogen and oxygen atoms in total. The van der Waals surface area contributed by atoms with Gasteiger partial charge < -0.3 is 10.1 Å². The first-order chi connectivity index (χ1) is 10.8. The van der Waals surface area contributed by atoms with Gasteiger partial charge in [0.15, 0.2) is 5.82 Å². The summed E-state index contributed by atoms with van der Waals surface area (Å²) in [6, 6.07) is 5.15. The SMILES string of the molecule is CC(OCC(F)(F)F)C(=O)NCc1ccnc(-n2cccn2)c1. The van der Waals surface area contributed by atoms with E-state index >= 15 is 0 Å². The van der Waals surface area contributed by atoms with E-state index in [1.807, 2.05) is 0 Å². The van der Waals surface area contributed by atoms with Crippen LogP contribution in [0.3, 0.4) is 0 Å². The van der Waals surface area contributed by atoms with Crippen molar-refractivity contribution in [3.05, 3.63) is 42.4 Å². The summed E-state index contributed by atoms with van der Waals surface area (Å²) >= 11 is 0. The predicted octanol–water partition coefficient (Wildman–Crippen LogP) is 1.85. The van der Waals surface area contributed by atoms with E-state index in [-0.39, 0.29) is 6.54 Å². The summed E-state index contributed by atoms with van der Waals surface area (Å²) in [7, 11) is 0. The molecule has 124 valence electrons. The van der Waals surface area contributed by atoms with Crippen molar-refractivity contribution in [3.8, 4) is 5.82 Å². The highest BCUT2D eigenvalue weighted by Gasteiger charge is 2.29. The number of alkyl halides is 3. The molecule has 0 saturated heterocycles. The average Bonchev–Trinajstić information content (AvgIpc) is 3.04. The van der Waals surface area contributed by atoms with Crippen molar-refractivity contribution < 1.29 is 22.7 Å². The van der Waals surface area contributed by atoms with Crippen molar-refractivity contribution in [2.45, 2.75) is 25.7 Å². The molecule has 0 bridgehead atoms. The van der Waals surface area contributed by atoms with Crippen molar-refractivity contribution >= 4 is 5.91 Å². The second kappa shape index (κ2) is 7.23. The predicted molar refractivity (Wildman–Crippen MR) is 74.7 cm³/mol. The van der Waals surface area contributed by atoms with Gasteiger partial charge in [-0.25, -0.2) is 9.67 Å². The Labute approximate surface area is 130 Å². The largest absolute Gasteiger partial charge is 0.411 e. The standard InChI is InChI=1S/C14H15F3N4O2/c1-10(23-9-14(15,16)17)13(22)19-8-11-3-5-18-12(7-11)21-6-2-4-20-21/h2-7,10H,8-9H2,1H3,(H,19,22). The van der Waals surface area contributed by atoms with Gasteiger partial charge >= 0.3 is 6.18 Å². The minimum Gasteiger partial charge on any atom is -0.359 e. The molecule has 1 amide bonds. The number of carbonyl (C=O) groups is 1. The molecule has 2 aromatic rings. The molecule has 9 heteroatoms. The number of nitrogens with one attached hydrogen (secondary N) is 1. The third kappa shape index (κ3) is 5.37. The Morgan fingerprint density at radius 2 is 2.22 bits per heavy atom. The molecule has 0 saturated carbocycles. The molecule has 1 unspecified atom stereocenters. The summed E-state index contributed by atoms with van der Waals surface area (Å²) < 4.78 is 42.1. The third-order valence-corrected chi connectivity index (χ3v) is 2.88. The highest BCUT2D eigenvalue weighted by atomic mass is 19.4. The number of aromatic nitrogens is 3. The Morgan fingerprint density at radius 1 is 1.43 bits per heavy atom.